The monoisotopic (exact) mass is 335 g/mol. The number of anilines is 1. The van der Waals surface area contributed by atoms with Gasteiger partial charge in [-0.3, -0.25) is 0 Å². The second kappa shape index (κ2) is 7.94. The molecule has 1 atom stereocenters. The fourth-order valence-electron chi connectivity index (χ4n) is 3.19. The van der Waals surface area contributed by atoms with Gasteiger partial charge in [-0.1, -0.05) is 30.3 Å². The maximum atomic E-state index is 8.88. The normalized spacial score (nSPS) is 17.1. The summed E-state index contributed by atoms with van der Waals surface area (Å²) in [6, 6.07) is 20.6. The Morgan fingerprint density at radius 3 is 2.58 bits per heavy atom. The third-order valence-corrected chi connectivity index (χ3v) is 4.80. The van der Waals surface area contributed by atoms with Crippen LogP contribution in [0.15, 0.2) is 54.6 Å². The van der Waals surface area contributed by atoms with E-state index in [1.54, 1.807) is 0 Å². The molecular formula is C20H21N3S. The third-order valence-electron chi connectivity index (χ3n) is 4.47. The van der Waals surface area contributed by atoms with Crippen LogP contribution in [-0.4, -0.2) is 22.6 Å². The molecule has 0 spiro atoms. The SMILES string of the molecule is N#Cc1ccc(NC(=S)N2CCCCC2Cc2ccccc2)cc1. The molecule has 24 heavy (non-hydrogen) atoms. The molecule has 122 valence electrons. The van der Waals surface area contributed by atoms with Crippen molar-refractivity contribution in [1.82, 2.24) is 4.90 Å². The van der Waals surface area contributed by atoms with Crippen LogP contribution in [0.2, 0.25) is 0 Å². The van der Waals surface area contributed by atoms with Gasteiger partial charge in [-0.15, -0.1) is 0 Å². The highest BCUT2D eigenvalue weighted by atomic mass is 32.1. The van der Waals surface area contributed by atoms with Crippen LogP contribution in [0, 0.1) is 11.3 Å². The van der Waals surface area contributed by atoms with E-state index >= 15 is 0 Å². The maximum absolute atomic E-state index is 8.88. The van der Waals surface area contributed by atoms with Crippen molar-refractivity contribution in [2.45, 2.75) is 31.7 Å². The highest BCUT2D eigenvalue weighted by Crippen LogP contribution is 2.22. The van der Waals surface area contributed by atoms with Gasteiger partial charge >= 0.3 is 0 Å². The standard InChI is InChI=1S/C20H21N3S/c21-15-17-9-11-18(12-10-17)22-20(24)23-13-5-4-8-19(23)14-16-6-2-1-3-7-16/h1-3,6-7,9-12,19H,4-5,8,13-14H2,(H,22,24). The number of nitriles is 1. The first kappa shape index (κ1) is 16.5. The summed E-state index contributed by atoms with van der Waals surface area (Å²) in [5.74, 6) is 0. The van der Waals surface area contributed by atoms with Gasteiger partial charge in [0.1, 0.15) is 0 Å². The average Bonchev–Trinajstić information content (AvgIpc) is 2.63. The molecule has 3 rings (SSSR count). The van der Waals surface area contributed by atoms with Crippen molar-refractivity contribution in [1.29, 1.82) is 5.26 Å². The molecule has 2 aromatic rings. The van der Waals surface area contributed by atoms with E-state index in [4.69, 9.17) is 17.5 Å². The van der Waals surface area contributed by atoms with Crippen LogP contribution >= 0.6 is 12.2 Å². The van der Waals surface area contributed by atoms with E-state index in [2.05, 4.69) is 46.6 Å². The zero-order valence-electron chi connectivity index (χ0n) is 13.6. The molecule has 3 nitrogen and oxygen atoms in total. The van der Waals surface area contributed by atoms with E-state index in [1.807, 2.05) is 24.3 Å². The van der Waals surface area contributed by atoms with Gasteiger partial charge in [0.05, 0.1) is 11.6 Å². The van der Waals surface area contributed by atoms with Crippen molar-refractivity contribution in [2.24, 2.45) is 0 Å². The third kappa shape index (κ3) is 4.12. The molecule has 0 saturated carbocycles. The predicted molar refractivity (Wildman–Crippen MR) is 102 cm³/mol. The number of hydrogen-bond donors (Lipinski definition) is 1. The number of rotatable bonds is 3. The van der Waals surface area contributed by atoms with E-state index in [0.29, 0.717) is 11.6 Å². The summed E-state index contributed by atoms with van der Waals surface area (Å²) in [5, 5.41) is 13.0. The number of piperidine rings is 1. The highest BCUT2D eigenvalue weighted by molar-refractivity contribution is 7.80. The number of benzene rings is 2. The summed E-state index contributed by atoms with van der Waals surface area (Å²) < 4.78 is 0. The Morgan fingerprint density at radius 2 is 1.88 bits per heavy atom. The Bertz CT molecular complexity index is 719. The molecule has 0 aromatic heterocycles. The molecule has 1 N–H and O–H groups in total. The molecule has 1 saturated heterocycles. The Hall–Kier alpha value is -2.38. The van der Waals surface area contributed by atoms with Crippen LogP contribution in [0.5, 0.6) is 0 Å². The Labute approximate surface area is 148 Å². The Kier molecular flexibility index (Phi) is 5.45. The topological polar surface area (TPSA) is 39.1 Å². The Morgan fingerprint density at radius 1 is 1.12 bits per heavy atom. The Balaban J connectivity index is 1.67. The van der Waals surface area contributed by atoms with Crippen LogP contribution < -0.4 is 5.32 Å². The summed E-state index contributed by atoms with van der Waals surface area (Å²) in [4.78, 5) is 2.32. The molecule has 0 radical (unpaired) electrons. The van der Waals surface area contributed by atoms with Crippen molar-refractivity contribution >= 4 is 23.0 Å². The summed E-state index contributed by atoms with van der Waals surface area (Å²) in [6.07, 6.45) is 4.63. The lowest BCUT2D eigenvalue weighted by Gasteiger charge is -2.38. The van der Waals surface area contributed by atoms with Crippen molar-refractivity contribution in [3.63, 3.8) is 0 Å². The van der Waals surface area contributed by atoms with E-state index in [-0.39, 0.29) is 0 Å². The van der Waals surface area contributed by atoms with Crippen LogP contribution in [0.4, 0.5) is 5.69 Å². The van der Waals surface area contributed by atoms with Crippen molar-refractivity contribution < 1.29 is 0 Å². The van der Waals surface area contributed by atoms with E-state index in [9.17, 15) is 0 Å². The number of likely N-dealkylation sites (tertiary alicyclic amines) is 1. The van der Waals surface area contributed by atoms with Gasteiger partial charge < -0.3 is 10.2 Å². The average molecular weight is 335 g/mol. The van der Waals surface area contributed by atoms with Gasteiger partial charge in [-0.2, -0.15) is 5.26 Å². The lowest BCUT2D eigenvalue weighted by atomic mass is 9.96. The summed E-state index contributed by atoms with van der Waals surface area (Å²) in [6.45, 7) is 1.000. The molecule has 2 aromatic carbocycles. The van der Waals surface area contributed by atoms with Gasteiger partial charge in [0.2, 0.25) is 0 Å². The second-order valence-corrected chi connectivity index (χ2v) is 6.54. The maximum Gasteiger partial charge on any atom is 0.173 e. The van der Waals surface area contributed by atoms with Crippen LogP contribution in [0.1, 0.15) is 30.4 Å². The molecule has 1 heterocycles. The zero-order chi connectivity index (χ0) is 16.8. The zero-order valence-corrected chi connectivity index (χ0v) is 14.4. The lowest BCUT2D eigenvalue weighted by molar-refractivity contribution is 0.243. The van der Waals surface area contributed by atoms with Gasteiger partial charge in [-0.05, 0) is 67.7 Å². The fraction of sp³-hybridized carbons (Fsp3) is 0.300. The molecule has 0 bridgehead atoms. The first-order valence-electron chi connectivity index (χ1n) is 8.38. The summed E-state index contributed by atoms with van der Waals surface area (Å²) >= 11 is 5.66. The van der Waals surface area contributed by atoms with Crippen molar-refractivity contribution in [3.05, 3.63) is 65.7 Å². The van der Waals surface area contributed by atoms with Crippen molar-refractivity contribution in [2.75, 3.05) is 11.9 Å². The van der Waals surface area contributed by atoms with Crippen LogP contribution in [-0.2, 0) is 6.42 Å². The van der Waals surface area contributed by atoms with Crippen LogP contribution in [0.25, 0.3) is 0 Å². The van der Waals surface area contributed by atoms with Crippen LogP contribution in [0.3, 0.4) is 0 Å². The molecule has 1 aliphatic rings. The smallest absolute Gasteiger partial charge is 0.173 e. The van der Waals surface area contributed by atoms with E-state index in [0.717, 1.165) is 23.8 Å². The number of thiocarbonyl (C=S) groups is 1. The van der Waals surface area contributed by atoms with Gasteiger partial charge in [0, 0.05) is 18.3 Å². The molecule has 4 heteroatoms. The van der Waals surface area contributed by atoms with Crippen molar-refractivity contribution in [3.8, 4) is 6.07 Å². The summed E-state index contributed by atoms with van der Waals surface area (Å²) in [5.41, 5.74) is 2.95. The first-order chi connectivity index (χ1) is 11.8. The van der Waals surface area contributed by atoms with E-state index < -0.39 is 0 Å². The molecule has 0 amide bonds. The number of hydrogen-bond acceptors (Lipinski definition) is 2. The van der Waals surface area contributed by atoms with E-state index in [1.165, 1.54) is 24.8 Å². The molecule has 1 fully saturated rings. The quantitative estimate of drug-likeness (QED) is 0.846. The van der Waals surface area contributed by atoms with Gasteiger partial charge in [0.25, 0.3) is 0 Å². The predicted octanol–water partition coefficient (Wildman–Crippen LogP) is 4.35. The largest absolute Gasteiger partial charge is 0.346 e. The number of nitrogens with zero attached hydrogens (tertiary/aromatic N) is 2. The lowest BCUT2D eigenvalue weighted by Crippen LogP contribution is -2.46. The number of nitrogens with one attached hydrogen (secondary N) is 1. The van der Waals surface area contributed by atoms with Gasteiger partial charge in [0.15, 0.2) is 5.11 Å². The summed E-state index contributed by atoms with van der Waals surface area (Å²) in [7, 11) is 0. The molecular weight excluding hydrogens is 314 g/mol. The fourth-order valence-corrected chi connectivity index (χ4v) is 3.55. The minimum Gasteiger partial charge on any atom is -0.346 e. The highest BCUT2D eigenvalue weighted by Gasteiger charge is 2.24. The molecule has 1 aliphatic heterocycles. The first-order valence-corrected chi connectivity index (χ1v) is 8.79. The molecule has 0 aliphatic carbocycles. The minimum atomic E-state index is 0.444. The minimum absolute atomic E-state index is 0.444. The second-order valence-electron chi connectivity index (χ2n) is 6.15. The van der Waals surface area contributed by atoms with Gasteiger partial charge in [-0.25, -0.2) is 0 Å². The molecule has 1 unspecified atom stereocenters.